The molecule has 0 aromatic heterocycles. The molecule has 0 aliphatic carbocycles. The minimum Gasteiger partial charge on any atom is -0.397 e. The van der Waals surface area contributed by atoms with E-state index in [1.807, 2.05) is 0 Å². The van der Waals surface area contributed by atoms with Gasteiger partial charge in [0, 0.05) is 13.1 Å². The monoisotopic (exact) mass is 255 g/mol. The average Bonchev–Trinajstić information content (AvgIpc) is 2.69. The number of anilines is 2. The fourth-order valence-corrected chi connectivity index (χ4v) is 2.23. The van der Waals surface area contributed by atoms with Gasteiger partial charge >= 0.3 is 0 Å². The van der Waals surface area contributed by atoms with Crippen LogP contribution in [0.15, 0.2) is 12.1 Å². The number of amides is 1. The smallest absolute Gasteiger partial charge is 0.225 e. The zero-order valence-electron chi connectivity index (χ0n) is 10.0. The van der Waals surface area contributed by atoms with E-state index in [1.54, 1.807) is 11.8 Å². The maximum Gasteiger partial charge on any atom is 0.225 e. The van der Waals surface area contributed by atoms with Crippen LogP contribution in [0.3, 0.4) is 0 Å². The molecule has 2 rings (SSSR count). The Morgan fingerprint density at radius 2 is 2.11 bits per heavy atom. The lowest BCUT2D eigenvalue weighted by molar-refractivity contribution is -0.125. The number of nitrogens with two attached hydrogens (primary N) is 2. The zero-order valence-corrected chi connectivity index (χ0v) is 10.0. The second kappa shape index (κ2) is 4.12. The van der Waals surface area contributed by atoms with Gasteiger partial charge in [-0.05, 0) is 25.5 Å². The van der Waals surface area contributed by atoms with Crippen molar-refractivity contribution in [1.29, 1.82) is 0 Å². The summed E-state index contributed by atoms with van der Waals surface area (Å²) >= 11 is 0. The number of nitrogens with zero attached hydrogens (tertiary/aromatic N) is 1. The number of carbonyl (C=O) groups excluding carboxylic acids is 1. The van der Waals surface area contributed by atoms with Crippen LogP contribution in [0.4, 0.5) is 20.2 Å². The highest BCUT2D eigenvalue weighted by atomic mass is 19.2. The summed E-state index contributed by atoms with van der Waals surface area (Å²) < 4.78 is 27.0. The van der Waals surface area contributed by atoms with Gasteiger partial charge in [0.25, 0.3) is 0 Å². The zero-order chi connectivity index (χ0) is 13.5. The van der Waals surface area contributed by atoms with E-state index in [4.69, 9.17) is 11.5 Å². The molecule has 6 heteroatoms. The number of benzene rings is 1. The van der Waals surface area contributed by atoms with Crippen LogP contribution in [0.2, 0.25) is 0 Å². The molecule has 1 aliphatic heterocycles. The summed E-state index contributed by atoms with van der Waals surface area (Å²) in [6.45, 7) is 2.37. The summed E-state index contributed by atoms with van der Waals surface area (Å²) in [6.07, 6.45) is 0.498. The SMILES string of the molecule is CC1(C(N)=O)CCN(c2c(N)ccc(F)c2F)C1. The molecule has 1 unspecified atom stereocenters. The van der Waals surface area contributed by atoms with Crippen molar-refractivity contribution in [1.82, 2.24) is 0 Å². The number of halogens is 2. The fraction of sp³-hybridized carbons (Fsp3) is 0.417. The first kappa shape index (κ1) is 12.6. The summed E-state index contributed by atoms with van der Waals surface area (Å²) in [5, 5.41) is 0. The van der Waals surface area contributed by atoms with Crippen LogP contribution in [0, 0.1) is 17.0 Å². The third-order valence-corrected chi connectivity index (χ3v) is 3.48. The van der Waals surface area contributed by atoms with Crippen molar-refractivity contribution in [3.8, 4) is 0 Å². The molecular weight excluding hydrogens is 240 g/mol. The maximum atomic E-state index is 13.8. The van der Waals surface area contributed by atoms with Crippen LogP contribution in [-0.4, -0.2) is 19.0 Å². The third kappa shape index (κ3) is 1.87. The molecule has 0 radical (unpaired) electrons. The topological polar surface area (TPSA) is 72.4 Å². The molecular formula is C12H15F2N3O. The van der Waals surface area contributed by atoms with Crippen LogP contribution in [0.5, 0.6) is 0 Å². The van der Waals surface area contributed by atoms with E-state index in [9.17, 15) is 13.6 Å². The first-order valence-corrected chi connectivity index (χ1v) is 5.63. The highest BCUT2D eigenvalue weighted by Crippen LogP contribution is 2.37. The average molecular weight is 255 g/mol. The molecule has 4 nitrogen and oxygen atoms in total. The number of nitrogen functional groups attached to an aromatic ring is 1. The minimum absolute atomic E-state index is 0.0139. The van der Waals surface area contributed by atoms with Crippen molar-refractivity contribution in [3.05, 3.63) is 23.8 Å². The molecule has 1 atom stereocenters. The van der Waals surface area contributed by atoms with Crippen LogP contribution in [0.25, 0.3) is 0 Å². The summed E-state index contributed by atoms with van der Waals surface area (Å²) in [5.74, 6) is -2.38. The summed E-state index contributed by atoms with van der Waals surface area (Å²) in [5.41, 5.74) is 10.4. The normalized spacial score (nSPS) is 23.4. The van der Waals surface area contributed by atoms with Crippen molar-refractivity contribution < 1.29 is 13.6 Å². The molecule has 1 amide bonds. The molecule has 1 fully saturated rings. The number of carbonyl (C=O) groups is 1. The molecule has 18 heavy (non-hydrogen) atoms. The van der Waals surface area contributed by atoms with Crippen molar-refractivity contribution in [2.24, 2.45) is 11.1 Å². The predicted molar refractivity (Wildman–Crippen MR) is 64.9 cm³/mol. The van der Waals surface area contributed by atoms with Gasteiger partial charge in [0.1, 0.15) is 0 Å². The van der Waals surface area contributed by atoms with Crippen LogP contribution < -0.4 is 16.4 Å². The Morgan fingerprint density at radius 1 is 1.44 bits per heavy atom. The molecule has 1 aromatic carbocycles. The molecule has 98 valence electrons. The minimum atomic E-state index is -0.983. The van der Waals surface area contributed by atoms with Gasteiger partial charge in [-0.2, -0.15) is 0 Å². The molecule has 1 heterocycles. The second-order valence-electron chi connectivity index (χ2n) is 4.90. The first-order valence-electron chi connectivity index (χ1n) is 5.63. The van der Waals surface area contributed by atoms with E-state index < -0.39 is 23.0 Å². The Hall–Kier alpha value is -1.85. The molecule has 4 N–H and O–H groups in total. The van der Waals surface area contributed by atoms with Gasteiger partial charge in [-0.15, -0.1) is 0 Å². The van der Waals surface area contributed by atoms with Crippen LogP contribution in [-0.2, 0) is 4.79 Å². The third-order valence-electron chi connectivity index (χ3n) is 3.48. The van der Waals surface area contributed by atoms with E-state index in [-0.39, 0.29) is 17.9 Å². The highest BCUT2D eigenvalue weighted by molar-refractivity contribution is 5.82. The van der Waals surface area contributed by atoms with E-state index in [2.05, 4.69) is 0 Å². The molecule has 1 saturated heterocycles. The van der Waals surface area contributed by atoms with Gasteiger partial charge in [-0.1, -0.05) is 0 Å². The van der Waals surface area contributed by atoms with Gasteiger partial charge < -0.3 is 16.4 Å². The Balaban J connectivity index is 2.36. The lowest BCUT2D eigenvalue weighted by Crippen LogP contribution is -2.37. The number of rotatable bonds is 2. The summed E-state index contributed by atoms with van der Waals surface area (Å²) in [4.78, 5) is 12.9. The number of hydrogen-bond acceptors (Lipinski definition) is 3. The Kier molecular flexibility index (Phi) is 2.88. The molecule has 1 aromatic rings. The van der Waals surface area contributed by atoms with E-state index in [0.717, 1.165) is 6.07 Å². The second-order valence-corrected chi connectivity index (χ2v) is 4.90. The number of hydrogen-bond donors (Lipinski definition) is 2. The van der Waals surface area contributed by atoms with Gasteiger partial charge in [0.2, 0.25) is 5.91 Å². The molecule has 0 saturated carbocycles. The molecule has 0 spiro atoms. The lowest BCUT2D eigenvalue weighted by atomic mass is 9.89. The number of primary amides is 1. The van der Waals surface area contributed by atoms with Crippen LogP contribution >= 0.6 is 0 Å². The van der Waals surface area contributed by atoms with E-state index in [1.165, 1.54) is 6.07 Å². The van der Waals surface area contributed by atoms with Crippen LogP contribution in [0.1, 0.15) is 13.3 Å². The fourth-order valence-electron chi connectivity index (χ4n) is 2.23. The molecule has 1 aliphatic rings. The highest BCUT2D eigenvalue weighted by Gasteiger charge is 2.40. The largest absolute Gasteiger partial charge is 0.397 e. The Bertz CT molecular complexity index is 506. The summed E-state index contributed by atoms with van der Waals surface area (Å²) in [6, 6.07) is 2.30. The van der Waals surface area contributed by atoms with Gasteiger partial charge in [-0.3, -0.25) is 4.79 Å². The van der Waals surface area contributed by atoms with E-state index >= 15 is 0 Å². The van der Waals surface area contributed by atoms with Gasteiger partial charge in [0.15, 0.2) is 11.6 Å². The van der Waals surface area contributed by atoms with Gasteiger partial charge in [-0.25, -0.2) is 8.78 Å². The van der Waals surface area contributed by atoms with Crippen molar-refractivity contribution >= 4 is 17.3 Å². The van der Waals surface area contributed by atoms with Gasteiger partial charge in [0.05, 0.1) is 16.8 Å². The Morgan fingerprint density at radius 3 is 2.67 bits per heavy atom. The standard InChI is InChI=1S/C12H15F2N3O/c1-12(11(16)18)4-5-17(6-12)10-8(15)3-2-7(13)9(10)14/h2-3H,4-6,15H2,1H3,(H2,16,18). The Labute approximate surface area is 104 Å². The first-order chi connectivity index (χ1) is 8.35. The van der Waals surface area contributed by atoms with Crippen molar-refractivity contribution in [3.63, 3.8) is 0 Å². The van der Waals surface area contributed by atoms with Crippen molar-refractivity contribution in [2.75, 3.05) is 23.7 Å². The van der Waals surface area contributed by atoms with Crippen molar-refractivity contribution in [2.45, 2.75) is 13.3 Å². The lowest BCUT2D eigenvalue weighted by Gasteiger charge is -2.24. The predicted octanol–water partition coefficient (Wildman–Crippen LogP) is 1.25. The summed E-state index contributed by atoms with van der Waals surface area (Å²) in [7, 11) is 0. The quantitative estimate of drug-likeness (QED) is 0.781. The van der Waals surface area contributed by atoms with E-state index in [0.29, 0.717) is 13.0 Å². The molecule has 0 bridgehead atoms. The maximum absolute atomic E-state index is 13.8.